The van der Waals surface area contributed by atoms with Gasteiger partial charge in [-0.15, -0.1) is 0 Å². The number of benzene rings is 1. The van der Waals surface area contributed by atoms with E-state index in [1.807, 2.05) is 24.5 Å². The number of amidine groups is 2. The lowest BCUT2D eigenvalue weighted by molar-refractivity contribution is -0.114. The maximum Gasteiger partial charge on any atom is 0.283 e. The number of aliphatic imine (C=N–C) groups is 1. The number of amides is 1. The van der Waals surface area contributed by atoms with Crippen LogP contribution in [0.4, 0.5) is 4.39 Å². The third kappa shape index (κ3) is 3.99. The van der Waals surface area contributed by atoms with Gasteiger partial charge >= 0.3 is 0 Å². The molecular weight excluding hydrogens is 413 g/mol. The number of thioether (sulfide) groups is 1. The van der Waals surface area contributed by atoms with Gasteiger partial charge < -0.3 is 4.57 Å². The molecule has 1 aromatic carbocycles. The summed E-state index contributed by atoms with van der Waals surface area (Å²) < 4.78 is 16.2. The van der Waals surface area contributed by atoms with Gasteiger partial charge in [0.2, 0.25) is 5.17 Å². The van der Waals surface area contributed by atoms with Gasteiger partial charge in [0.05, 0.1) is 11.3 Å². The second-order valence-corrected chi connectivity index (χ2v) is 8.62. The van der Waals surface area contributed by atoms with Crippen molar-refractivity contribution < 1.29 is 9.18 Å². The molecule has 2 aliphatic rings. The van der Waals surface area contributed by atoms with Crippen LogP contribution in [0, 0.1) is 25.1 Å². The summed E-state index contributed by atoms with van der Waals surface area (Å²) in [5.41, 5.74) is 2.99. The maximum absolute atomic E-state index is 14.4. The van der Waals surface area contributed by atoms with Gasteiger partial charge in [-0.1, -0.05) is 31.9 Å². The Morgan fingerprint density at radius 2 is 2.00 bits per heavy atom. The lowest BCUT2D eigenvalue weighted by atomic mass is 10.1. The molecule has 1 aromatic heterocycles. The van der Waals surface area contributed by atoms with Gasteiger partial charge in [-0.25, -0.2) is 4.39 Å². The first-order chi connectivity index (χ1) is 14.9. The molecule has 6 nitrogen and oxygen atoms in total. The monoisotopic (exact) mass is 437 g/mol. The molecular formula is C23H24FN5OS. The van der Waals surface area contributed by atoms with Crippen LogP contribution in [0.2, 0.25) is 0 Å². The van der Waals surface area contributed by atoms with Crippen LogP contribution in [0.3, 0.4) is 0 Å². The maximum atomic E-state index is 14.4. The van der Waals surface area contributed by atoms with Gasteiger partial charge in [0.15, 0.2) is 5.84 Å². The van der Waals surface area contributed by atoms with Gasteiger partial charge in [0.25, 0.3) is 5.91 Å². The minimum Gasteiger partial charge on any atom is -0.315 e. The summed E-state index contributed by atoms with van der Waals surface area (Å²) in [4.78, 5) is 16.8. The molecule has 0 bridgehead atoms. The number of fused-ring (bicyclic) bond motifs is 1. The fourth-order valence-electron chi connectivity index (χ4n) is 3.75. The molecule has 0 fully saturated rings. The van der Waals surface area contributed by atoms with Crippen LogP contribution in [0.5, 0.6) is 0 Å². The molecule has 0 atom stereocenters. The predicted octanol–water partition coefficient (Wildman–Crippen LogP) is 5.43. The average molecular weight is 438 g/mol. The zero-order chi connectivity index (χ0) is 22.1. The number of nitrogens with one attached hydrogen (secondary N) is 1. The van der Waals surface area contributed by atoms with Crippen molar-refractivity contribution in [3.8, 4) is 5.69 Å². The standard InChI is InChI=1S/C23H24FN5OS/c1-4-5-6-11-20-27-29-21(25)17(22(30)26-23(29)31-20)13-16-12-14(2)28(15(16)3)19-10-8-7-9-18(19)24/h7-10,12-13,25H,4-6,11H2,1-3H3/b17-13+,25-21?. The van der Waals surface area contributed by atoms with Crippen molar-refractivity contribution in [3.63, 3.8) is 0 Å². The number of hydrazone groups is 1. The quantitative estimate of drug-likeness (QED) is 0.483. The Labute approximate surface area is 185 Å². The number of halogens is 1. The molecule has 0 unspecified atom stereocenters. The van der Waals surface area contributed by atoms with E-state index in [4.69, 9.17) is 5.41 Å². The Morgan fingerprint density at radius 3 is 2.74 bits per heavy atom. The smallest absolute Gasteiger partial charge is 0.283 e. The number of hydrogen-bond donors (Lipinski definition) is 1. The lowest BCUT2D eigenvalue weighted by Gasteiger charge is -2.20. The van der Waals surface area contributed by atoms with Gasteiger partial charge in [0.1, 0.15) is 10.9 Å². The minimum absolute atomic E-state index is 0.0173. The van der Waals surface area contributed by atoms with E-state index in [1.54, 1.807) is 24.3 Å². The third-order valence-corrected chi connectivity index (χ3v) is 6.32. The number of hydrogen-bond acceptors (Lipinski definition) is 4. The molecule has 0 radical (unpaired) electrons. The van der Waals surface area contributed by atoms with Crippen molar-refractivity contribution >= 4 is 39.8 Å². The number of para-hydroxylation sites is 1. The van der Waals surface area contributed by atoms with E-state index in [0.29, 0.717) is 10.9 Å². The average Bonchev–Trinajstić information content (AvgIpc) is 3.26. The summed E-state index contributed by atoms with van der Waals surface area (Å²) >= 11 is 1.36. The van der Waals surface area contributed by atoms with Crippen LogP contribution in [-0.2, 0) is 4.79 Å². The number of aromatic nitrogens is 1. The summed E-state index contributed by atoms with van der Waals surface area (Å²) in [5, 5.41) is 15.8. The first kappa shape index (κ1) is 21.2. The molecule has 1 N–H and O–H groups in total. The number of nitrogens with zero attached hydrogens (tertiary/aromatic N) is 4. The molecule has 2 aromatic rings. The van der Waals surface area contributed by atoms with Gasteiger partial charge in [0, 0.05) is 11.4 Å². The first-order valence-corrected chi connectivity index (χ1v) is 11.1. The highest BCUT2D eigenvalue weighted by Crippen LogP contribution is 2.31. The fourth-order valence-corrected chi connectivity index (χ4v) is 4.68. The fraction of sp³-hybridized carbons (Fsp3) is 0.304. The largest absolute Gasteiger partial charge is 0.315 e. The zero-order valence-corrected chi connectivity index (χ0v) is 18.6. The summed E-state index contributed by atoms with van der Waals surface area (Å²) in [6.07, 6.45) is 5.73. The van der Waals surface area contributed by atoms with Crippen molar-refractivity contribution in [2.24, 2.45) is 10.1 Å². The molecule has 0 spiro atoms. The van der Waals surface area contributed by atoms with E-state index in [1.165, 1.54) is 22.8 Å². The number of unbranched alkanes of at least 4 members (excludes halogenated alkanes) is 2. The van der Waals surface area contributed by atoms with Crippen LogP contribution < -0.4 is 0 Å². The van der Waals surface area contributed by atoms with E-state index in [9.17, 15) is 9.18 Å². The Bertz CT molecular complexity index is 1160. The van der Waals surface area contributed by atoms with Crippen LogP contribution in [0.1, 0.15) is 49.6 Å². The molecule has 8 heteroatoms. The highest BCUT2D eigenvalue weighted by atomic mass is 32.2. The number of carbonyl (C=O) groups is 1. The van der Waals surface area contributed by atoms with Crippen molar-refractivity contribution in [3.05, 3.63) is 58.7 Å². The third-order valence-electron chi connectivity index (χ3n) is 5.35. The van der Waals surface area contributed by atoms with Gasteiger partial charge in [-0.2, -0.15) is 15.1 Å². The van der Waals surface area contributed by atoms with Crippen LogP contribution in [-0.4, -0.2) is 31.5 Å². The van der Waals surface area contributed by atoms with Crippen LogP contribution >= 0.6 is 11.8 Å². The molecule has 31 heavy (non-hydrogen) atoms. The molecule has 2 aliphatic heterocycles. The molecule has 4 rings (SSSR count). The Kier molecular flexibility index (Phi) is 5.91. The first-order valence-electron chi connectivity index (χ1n) is 10.3. The number of rotatable bonds is 6. The van der Waals surface area contributed by atoms with Crippen molar-refractivity contribution in [1.82, 2.24) is 9.58 Å². The lowest BCUT2D eigenvalue weighted by Crippen LogP contribution is -2.35. The summed E-state index contributed by atoms with van der Waals surface area (Å²) in [5.74, 6) is -0.758. The number of aryl methyl sites for hydroxylation is 1. The van der Waals surface area contributed by atoms with Crippen molar-refractivity contribution in [1.29, 1.82) is 5.41 Å². The SMILES string of the molecule is CCCCCC1=NN2C(=N)/C(=C\c3cc(C)n(-c4ccccc4F)c3C)C(=O)N=C2S1. The molecule has 160 valence electrons. The summed E-state index contributed by atoms with van der Waals surface area (Å²) in [7, 11) is 0. The van der Waals surface area contributed by atoms with E-state index in [-0.39, 0.29) is 17.2 Å². The van der Waals surface area contributed by atoms with Gasteiger partial charge in [-0.05, 0) is 68.3 Å². The topological polar surface area (TPSA) is 73.8 Å². The Balaban J connectivity index is 1.66. The minimum atomic E-state index is -0.454. The second kappa shape index (κ2) is 8.63. The molecule has 0 saturated heterocycles. The normalized spacial score (nSPS) is 17.3. The van der Waals surface area contributed by atoms with E-state index < -0.39 is 5.91 Å². The van der Waals surface area contributed by atoms with E-state index in [0.717, 1.165) is 47.7 Å². The molecule has 1 amide bonds. The Morgan fingerprint density at radius 1 is 1.23 bits per heavy atom. The molecule has 0 aliphatic carbocycles. The van der Waals surface area contributed by atoms with E-state index >= 15 is 0 Å². The highest BCUT2D eigenvalue weighted by Gasteiger charge is 2.35. The zero-order valence-electron chi connectivity index (χ0n) is 17.8. The second-order valence-electron chi connectivity index (χ2n) is 7.58. The van der Waals surface area contributed by atoms with E-state index in [2.05, 4.69) is 17.0 Å². The number of carbonyl (C=O) groups excluding carboxylic acids is 1. The Hall–Kier alpha value is -3.00. The van der Waals surface area contributed by atoms with Crippen molar-refractivity contribution in [2.75, 3.05) is 0 Å². The highest BCUT2D eigenvalue weighted by molar-refractivity contribution is 8.26. The van der Waals surface area contributed by atoms with Crippen LogP contribution in [0.15, 0.2) is 46.0 Å². The predicted molar refractivity (Wildman–Crippen MR) is 124 cm³/mol. The van der Waals surface area contributed by atoms with Gasteiger partial charge in [-0.3, -0.25) is 10.2 Å². The molecule has 3 heterocycles. The molecule has 0 saturated carbocycles. The summed E-state index contributed by atoms with van der Waals surface area (Å²) in [6, 6.07) is 8.45. The van der Waals surface area contributed by atoms with Crippen molar-refractivity contribution in [2.45, 2.75) is 46.5 Å². The van der Waals surface area contributed by atoms with Crippen LogP contribution in [0.25, 0.3) is 11.8 Å². The summed E-state index contributed by atoms with van der Waals surface area (Å²) in [6.45, 7) is 5.90.